The van der Waals surface area contributed by atoms with Crippen LogP contribution in [0, 0.1) is 0 Å². The minimum atomic E-state index is -0.933. The van der Waals surface area contributed by atoms with Crippen molar-refractivity contribution in [2.24, 2.45) is 0 Å². The molecule has 0 aliphatic rings. The largest absolute Gasteiger partial charge is 0.478 e. The molecular formula is C16H11Cl2NO2. The summed E-state index contributed by atoms with van der Waals surface area (Å²) >= 11 is 11.9. The van der Waals surface area contributed by atoms with E-state index in [9.17, 15) is 4.79 Å². The van der Waals surface area contributed by atoms with Crippen LogP contribution in [0.15, 0.2) is 42.5 Å². The molecule has 2 aromatic carbocycles. The predicted octanol–water partition coefficient (Wildman–Crippen LogP) is 4.76. The Balaban J connectivity index is 1.93. The van der Waals surface area contributed by atoms with Gasteiger partial charge in [-0.25, -0.2) is 4.79 Å². The van der Waals surface area contributed by atoms with E-state index in [0.717, 1.165) is 22.2 Å². The van der Waals surface area contributed by atoms with Crippen LogP contribution in [0.5, 0.6) is 0 Å². The number of carbonyl (C=O) groups is 1. The van der Waals surface area contributed by atoms with Gasteiger partial charge in [-0.3, -0.25) is 0 Å². The molecule has 0 amide bonds. The molecule has 1 heterocycles. The van der Waals surface area contributed by atoms with Crippen molar-refractivity contribution in [3.8, 4) is 0 Å². The number of H-pyrrole nitrogens is 1. The topological polar surface area (TPSA) is 53.1 Å². The third-order valence-electron chi connectivity index (χ3n) is 3.30. The quantitative estimate of drug-likeness (QED) is 0.731. The first kappa shape index (κ1) is 14.0. The van der Waals surface area contributed by atoms with Crippen molar-refractivity contribution in [2.75, 3.05) is 0 Å². The van der Waals surface area contributed by atoms with Gasteiger partial charge in [0.15, 0.2) is 0 Å². The molecule has 2 N–H and O–H groups in total. The fourth-order valence-electron chi connectivity index (χ4n) is 2.28. The molecule has 0 aliphatic heterocycles. The average Bonchev–Trinajstić information content (AvgIpc) is 2.84. The average molecular weight is 320 g/mol. The van der Waals surface area contributed by atoms with E-state index in [2.05, 4.69) is 4.98 Å². The first-order valence-electron chi connectivity index (χ1n) is 6.32. The highest BCUT2D eigenvalue weighted by Crippen LogP contribution is 2.25. The number of benzene rings is 2. The molecule has 0 aliphatic carbocycles. The highest BCUT2D eigenvalue weighted by Gasteiger charge is 2.07. The van der Waals surface area contributed by atoms with Crippen LogP contribution in [0.3, 0.4) is 0 Å². The van der Waals surface area contributed by atoms with E-state index < -0.39 is 5.97 Å². The molecule has 21 heavy (non-hydrogen) atoms. The van der Waals surface area contributed by atoms with E-state index >= 15 is 0 Å². The number of aromatic nitrogens is 1. The molecule has 0 unspecified atom stereocenters. The van der Waals surface area contributed by atoms with Crippen LogP contribution in [0.4, 0.5) is 0 Å². The molecule has 3 nitrogen and oxygen atoms in total. The minimum Gasteiger partial charge on any atom is -0.478 e. The van der Waals surface area contributed by atoms with Gasteiger partial charge in [-0.15, -0.1) is 0 Å². The number of carboxylic acids is 1. The number of aromatic carboxylic acids is 1. The number of nitrogens with one attached hydrogen (secondary N) is 1. The Labute approximate surface area is 131 Å². The maximum atomic E-state index is 11.0. The molecule has 5 heteroatoms. The third kappa shape index (κ3) is 2.89. The minimum absolute atomic E-state index is 0.269. The zero-order chi connectivity index (χ0) is 15.0. The summed E-state index contributed by atoms with van der Waals surface area (Å²) in [5.41, 5.74) is 3.11. The second-order valence-electron chi connectivity index (χ2n) is 4.83. The van der Waals surface area contributed by atoms with E-state index in [0.29, 0.717) is 16.5 Å². The lowest BCUT2D eigenvalue weighted by Gasteiger charge is -2.01. The summed E-state index contributed by atoms with van der Waals surface area (Å²) in [6, 6.07) is 12.6. The van der Waals surface area contributed by atoms with E-state index in [1.54, 1.807) is 24.3 Å². The molecule has 106 valence electrons. The number of fused-ring (bicyclic) bond motifs is 1. The van der Waals surface area contributed by atoms with Crippen molar-refractivity contribution in [1.82, 2.24) is 4.98 Å². The van der Waals surface area contributed by atoms with Gasteiger partial charge in [-0.05, 0) is 41.3 Å². The second kappa shape index (κ2) is 5.43. The van der Waals surface area contributed by atoms with Gasteiger partial charge >= 0.3 is 5.97 Å². The maximum Gasteiger partial charge on any atom is 0.335 e. The van der Waals surface area contributed by atoms with E-state index in [1.807, 2.05) is 18.2 Å². The summed E-state index contributed by atoms with van der Waals surface area (Å²) in [5, 5.41) is 11.0. The lowest BCUT2D eigenvalue weighted by atomic mass is 10.1. The Morgan fingerprint density at radius 2 is 1.86 bits per heavy atom. The molecule has 0 bridgehead atoms. The molecule has 0 saturated heterocycles. The molecule has 0 radical (unpaired) electrons. The van der Waals surface area contributed by atoms with Crippen molar-refractivity contribution < 1.29 is 9.90 Å². The number of rotatable bonds is 3. The van der Waals surface area contributed by atoms with E-state index in [4.69, 9.17) is 28.3 Å². The first-order chi connectivity index (χ1) is 10.0. The summed E-state index contributed by atoms with van der Waals surface area (Å²) in [5.74, 6) is -0.933. The fraction of sp³-hybridized carbons (Fsp3) is 0.0625. The van der Waals surface area contributed by atoms with Crippen molar-refractivity contribution in [2.45, 2.75) is 6.42 Å². The SMILES string of the molecule is O=C(O)c1ccc2cc(Cc3ccc(Cl)c(Cl)c3)[nH]c2c1. The van der Waals surface area contributed by atoms with Crippen molar-refractivity contribution in [3.05, 3.63) is 69.3 Å². The van der Waals surface area contributed by atoms with Crippen LogP contribution < -0.4 is 0 Å². The summed E-state index contributed by atoms with van der Waals surface area (Å²) < 4.78 is 0. The Bertz CT molecular complexity index is 839. The number of hydrogen-bond donors (Lipinski definition) is 2. The summed E-state index contributed by atoms with van der Waals surface area (Å²) in [6.07, 6.45) is 0.675. The lowest BCUT2D eigenvalue weighted by Crippen LogP contribution is -1.94. The van der Waals surface area contributed by atoms with Gasteiger partial charge in [0.25, 0.3) is 0 Å². The van der Waals surface area contributed by atoms with Crippen LogP contribution >= 0.6 is 23.2 Å². The Morgan fingerprint density at radius 3 is 2.57 bits per heavy atom. The van der Waals surface area contributed by atoms with E-state index in [-0.39, 0.29) is 5.56 Å². The van der Waals surface area contributed by atoms with Crippen LogP contribution in [-0.4, -0.2) is 16.1 Å². The van der Waals surface area contributed by atoms with Gasteiger partial charge < -0.3 is 10.1 Å². The molecule has 0 saturated carbocycles. The van der Waals surface area contributed by atoms with Gasteiger partial charge in [0.1, 0.15) is 0 Å². The molecule has 3 rings (SSSR count). The van der Waals surface area contributed by atoms with Crippen LogP contribution in [0.1, 0.15) is 21.6 Å². The van der Waals surface area contributed by atoms with Crippen molar-refractivity contribution in [3.63, 3.8) is 0 Å². The van der Waals surface area contributed by atoms with Gasteiger partial charge in [-0.2, -0.15) is 0 Å². The molecule has 3 aromatic rings. The van der Waals surface area contributed by atoms with Crippen molar-refractivity contribution in [1.29, 1.82) is 0 Å². The lowest BCUT2D eigenvalue weighted by molar-refractivity contribution is 0.0697. The number of halogens is 2. The number of aromatic amines is 1. The third-order valence-corrected chi connectivity index (χ3v) is 4.04. The highest BCUT2D eigenvalue weighted by molar-refractivity contribution is 6.42. The zero-order valence-corrected chi connectivity index (χ0v) is 12.4. The fourth-order valence-corrected chi connectivity index (χ4v) is 2.61. The predicted molar refractivity (Wildman–Crippen MR) is 84.5 cm³/mol. The Morgan fingerprint density at radius 1 is 1.05 bits per heavy atom. The summed E-state index contributed by atoms with van der Waals surface area (Å²) in [7, 11) is 0. The van der Waals surface area contributed by atoms with Gasteiger partial charge in [0.05, 0.1) is 15.6 Å². The van der Waals surface area contributed by atoms with Crippen LogP contribution in [0.2, 0.25) is 10.0 Å². The van der Waals surface area contributed by atoms with Crippen molar-refractivity contribution >= 4 is 40.1 Å². The monoisotopic (exact) mass is 319 g/mol. The molecular weight excluding hydrogens is 309 g/mol. The van der Waals surface area contributed by atoms with Gasteiger partial charge in [0.2, 0.25) is 0 Å². The maximum absolute atomic E-state index is 11.0. The molecule has 0 atom stereocenters. The van der Waals surface area contributed by atoms with Gasteiger partial charge in [-0.1, -0.05) is 35.3 Å². The van der Waals surface area contributed by atoms with Crippen LogP contribution in [0.25, 0.3) is 10.9 Å². The molecule has 0 spiro atoms. The Kier molecular flexibility index (Phi) is 3.62. The normalized spacial score (nSPS) is 11.0. The van der Waals surface area contributed by atoms with Crippen LogP contribution in [-0.2, 0) is 6.42 Å². The molecule has 0 fully saturated rings. The standard InChI is InChI=1S/C16H11Cl2NO2/c17-13-4-1-9(6-14(13)18)5-12-7-10-2-3-11(16(20)21)8-15(10)19-12/h1-4,6-8,19H,5H2,(H,20,21). The first-order valence-corrected chi connectivity index (χ1v) is 7.07. The Hall–Kier alpha value is -1.97. The summed E-state index contributed by atoms with van der Waals surface area (Å²) in [4.78, 5) is 14.2. The van der Waals surface area contributed by atoms with Gasteiger partial charge in [0, 0.05) is 17.6 Å². The van der Waals surface area contributed by atoms with E-state index in [1.165, 1.54) is 0 Å². The smallest absolute Gasteiger partial charge is 0.335 e. The highest BCUT2D eigenvalue weighted by atomic mass is 35.5. The zero-order valence-electron chi connectivity index (χ0n) is 10.9. The number of carboxylic acid groups (broad SMARTS) is 1. The second-order valence-corrected chi connectivity index (χ2v) is 5.64. The summed E-state index contributed by atoms with van der Waals surface area (Å²) in [6.45, 7) is 0. The molecule has 1 aromatic heterocycles. The number of hydrogen-bond acceptors (Lipinski definition) is 1.